The summed E-state index contributed by atoms with van der Waals surface area (Å²) in [6.45, 7) is 0. The van der Waals surface area contributed by atoms with Crippen LogP contribution in [0.1, 0.15) is 5.56 Å². The molecule has 2 heterocycles. The Morgan fingerprint density at radius 1 is 1.24 bits per heavy atom. The van der Waals surface area contributed by atoms with Crippen molar-refractivity contribution in [3.8, 4) is 0 Å². The largest absolute Gasteiger partial charge is 0.324 e. The molecule has 3 N–H and O–H groups in total. The molecule has 86 valence electrons. The van der Waals surface area contributed by atoms with Crippen LogP contribution in [0.2, 0.25) is 10.4 Å². The van der Waals surface area contributed by atoms with E-state index in [4.69, 9.17) is 28.6 Å². The van der Waals surface area contributed by atoms with Crippen molar-refractivity contribution < 1.29 is 5.41 Å². The van der Waals surface area contributed by atoms with Gasteiger partial charge in [-0.1, -0.05) is 17.7 Å². The van der Waals surface area contributed by atoms with E-state index in [1.54, 1.807) is 18.3 Å². The summed E-state index contributed by atoms with van der Waals surface area (Å²) in [6, 6.07) is 5.43. The molecule has 0 spiro atoms. The van der Waals surface area contributed by atoms with Gasteiger partial charge < -0.3 is 5.32 Å². The average molecular weight is 269 g/mol. The van der Waals surface area contributed by atoms with Gasteiger partial charge in [0.15, 0.2) is 12.0 Å². The Bertz CT molecular complexity index is 544. The minimum Gasteiger partial charge on any atom is -0.324 e. The number of rotatable bonds is 3. The minimum atomic E-state index is 0.0408. The third-order valence-electron chi connectivity index (χ3n) is 1.95. The fourth-order valence-corrected chi connectivity index (χ4v) is 1.66. The second kappa shape index (κ2) is 5.07. The third kappa shape index (κ3) is 2.69. The van der Waals surface area contributed by atoms with E-state index in [0.717, 1.165) is 0 Å². The van der Waals surface area contributed by atoms with Crippen molar-refractivity contribution in [1.29, 1.82) is 0 Å². The quantitative estimate of drug-likeness (QED) is 0.497. The van der Waals surface area contributed by atoms with Gasteiger partial charge in [-0.15, -0.1) is 0 Å². The van der Waals surface area contributed by atoms with Crippen LogP contribution in [0.4, 0.5) is 11.6 Å². The first kappa shape index (κ1) is 11.8. The Morgan fingerprint density at radius 3 is 2.71 bits per heavy atom. The van der Waals surface area contributed by atoms with Crippen LogP contribution in [0.15, 0.2) is 24.4 Å². The summed E-state index contributed by atoms with van der Waals surface area (Å²) in [5.74, 6) is 1.03. The molecule has 0 atom stereocenters. The van der Waals surface area contributed by atoms with E-state index >= 15 is 0 Å². The predicted octanol–water partition coefficient (Wildman–Crippen LogP) is 1.10. The van der Waals surface area contributed by atoms with Crippen molar-refractivity contribution in [1.82, 2.24) is 15.0 Å². The van der Waals surface area contributed by atoms with E-state index in [0.29, 0.717) is 17.2 Å². The van der Waals surface area contributed by atoms with Gasteiger partial charge in [0.2, 0.25) is 5.28 Å². The average Bonchev–Trinajstić information content (AvgIpc) is 2.30. The van der Waals surface area contributed by atoms with E-state index in [1.807, 2.05) is 6.07 Å². The minimum absolute atomic E-state index is 0.0408. The molecular formula is C10H8Cl2N5+. The maximum atomic E-state index is 5.89. The van der Waals surface area contributed by atoms with Crippen LogP contribution < -0.4 is 10.7 Å². The van der Waals surface area contributed by atoms with Crippen molar-refractivity contribution in [2.45, 2.75) is 0 Å². The SMILES string of the molecule is [NH2+]=Cc1c(Cl)nc(Cl)nc1Nc1ccccn1. The number of hydrogen-bond donors (Lipinski definition) is 2. The summed E-state index contributed by atoms with van der Waals surface area (Å²) in [7, 11) is 0. The summed E-state index contributed by atoms with van der Waals surface area (Å²) in [6.07, 6.45) is 2.96. The maximum Gasteiger partial charge on any atom is 0.225 e. The molecule has 0 bridgehead atoms. The van der Waals surface area contributed by atoms with Gasteiger partial charge in [0.1, 0.15) is 16.5 Å². The van der Waals surface area contributed by atoms with E-state index < -0.39 is 0 Å². The first-order valence-corrected chi connectivity index (χ1v) is 5.42. The van der Waals surface area contributed by atoms with Gasteiger partial charge in [-0.25, -0.2) is 9.97 Å². The van der Waals surface area contributed by atoms with Gasteiger partial charge in [-0.2, -0.15) is 4.98 Å². The molecule has 0 aliphatic heterocycles. The molecular weight excluding hydrogens is 261 g/mol. The molecule has 0 aliphatic rings. The smallest absolute Gasteiger partial charge is 0.225 e. The number of aromatic nitrogens is 3. The summed E-state index contributed by atoms with van der Waals surface area (Å²) >= 11 is 11.6. The molecule has 2 aromatic rings. The summed E-state index contributed by atoms with van der Waals surface area (Å²) in [4.78, 5) is 11.9. The van der Waals surface area contributed by atoms with Gasteiger partial charge in [0, 0.05) is 6.20 Å². The lowest BCUT2D eigenvalue weighted by molar-refractivity contribution is -0.104. The molecule has 0 saturated heterocycles. The van der Waals surface area contributed by atoms with Crippen molar-refractivity contribution in [3.63, 3.8) is 0 Å². The van der Waals surface area contributed by atoms with E-state index in [2.05, 4.69) is 20.3 Å². The Morgan fingerprint density at radius 2 is 2.06 bits per heavy atom. The van der Waals surface area contributed by atoms with Gasteiger partial charge in [0.25, 0.3) is 0 Å². The Labute approximate surface area is 107 Å². The van der Waals surface area contributed by atoms with Crippen LogP contribution in [0.25, 0.3) is 0 Å². The van der Waals surface area contributed by atoms with Gasteiger partial charge in [-0.3, -0.25) is 5.41 Å². The lowest BCUT2D eigenvalue weighted by atomic mass is 10.3. The molecule has 0 unspecified atom stereocenters. The number of halogens is 2. The predicted molar refractivity (Wildman–Crippen MR) is 66.7 cm³/mol. The standard InChI is InChI=1S/C10H7Cl2N5/c11-8-6(5-13)9(17-10(12)16-8)15-7-3-1-2-4-14-7/h1-5,13H,(H,14,15,16,17)/p+1. The molecule has 2 aromatic heterocycles. The first-order valence-electron chi connectivity index (χ1n) is 4.66. The van der Waals surface area contributed by atoms with Gasteiger partial charge >= 0.3 is 0 Å². The fraction of sp³-hybridized carbons (Fsp3) is 0. The summed E-state index contributed by atoms with van der Waals surface area (Å²) in [5.41, 5.74) is 0.474. The molecule has 7 heteroatoms. The monoisotopic (exact) mass is 268 g/mol. The van der Waals surface area contributed by atoms with E-state index in [9.17, 15) is 0 Å². The highest BCUT2D eigenvalue weighted by Gasteiger charge is 2.12. The zero-order chi connectivity index (χ0) is 12.3. The normalized spacial score (nSPS) is 10.0. The zero-order valence-electron chi connectivity index (χ0n) is 8.56. The fourth-order valence-electron chi connectivity index (χ4n) is 1.22. The lowest BCUT2D eigenvalue weighted by Gasteiger charge is -2.07. The Kier molecular flexibility index (Phi) is 3.51. The molecule has 5 nitrogen and oxygen atoms in total. The van der Waals surface area contributed by atoms with Crippen LogP contribution >= 0.6 is 23.2 Å². The highest BCUT2D eigenvalue weighted by molar-refractivity contribution is 6.34. The number of nitrogens with two attached hydrogens (primary N) is 1. The number of nitrogens with zero attached hydrogens (tertiary/aromatic N) is 3. The van der Waals surface area contributed by atoms with Crippen LogP contribution in [-0.4, -0.2) is 21.2 Å². The summed E-state index contributed by atoms with van der Waals surface area (Å²) in [5, 5.41) is 8.65. The maximum absolute atomic E-state index is 5.89. The Balaban J connectivity index is 2.41. The third-order valence-corrected chi connectivity index (χ3v) is 2.41. The van der Waals surface area contributed by atoms with Crippen molar-refractivity contribution in [2.75, 3.05) is 5.32 Å². The molecule has 0 saturated carbocycles. The van der Waals surface area contributed by atoms with Gasteiger partial charge in [-0.05, 0) is 23.7 Å². The number of anilines is 2. The first-order chi connectivity index (χ1) is 8.20. The molecule has 0 amide bonds. The van der Waals surface area contributed by atoms with Crippen LogP contribution in [0.3, 0.4) is 0 Å². The second-order valence-corrected chi connectivity index (χ2v) is 3.75. The molecule has 17 heavy (non-hydrogen) atoms. The van der Waals surface area contributed by atoms with E-state index in [1.165, 1.54) is 6.21 Å². The van der Waals surface area contributed by atoms with Crippen molar-refractivity contribution in [2.24, 2.45) is 0 Å². The number of hydrogen-bond acceptors (Lipinski definition) is 4. The second-order valence-electron chi connectivity index (χ2n) is 3.05. The molecule has 2 rings (SSSR count). The molecule has 0 aromatic carbocycles. The van der Waals surface area contributed by atoms with Crippen LogP contribution in [-0.2, 0) is 0 Å². The molecule has 0 radical (unpaired) electrons. The highest BCUT2D eigenvalue weighted by Crippen LogP contribution is 2.22. The number of pyridine rings is 1. The molecule has 0 aliphatic carbocycles. The zero-order valence-corrected chi connectivity index (χ0v) is 10.1. The van der Waals surface area contributed by atoms with Crippen LogP contribution in [0.5, 0.6) is 0 Å². The molecule has 0 fully saturated rings. The summed E-state index contributed by atoms with van der Waals surface area (Å²) < 4.78 is 0. The highest BCUT2D eigenvalue weighted by atomic mass is 35.5. The topological polar surface area (TPSA) is 76.3 Å². The number of nitrogens with one attached hydrogen (secondary N) is 1. The van der Waals surface area contributed by atoms with Crippen molar-refractivity contribution >= 4 is 41.1 Å². The lowest BCUT2D eigenvalue weighted by Crippen LogP contribution is -2.30. The Hall–Kier alpha value is -1.72. The van der Waals surface area contributed by atoms with Crippen LogP contribution in [0, 0.1) is 0 Å². The van der Waals surface area contributed by atoms with E-state index in [-0.39, 0.29) is 10.4 Å². The van der Waals surface area contributed by atoms with Crippen molar-refractivity contribution in [3.05, 3.63) is 40.4 Å². The van der Waals surface area contributed by atoms with Gasteiger partial charge in [0.05, 0.1) is 0 Å².